The molecule has 6 heteroatoms. The molecular formula is C17H17N3O2S. The molecular weight excluding hydrogens is 310 g/mol. The number of rotatable bonds is 1. The lowest BCUT2D eigenvalue weighted by molar-refractivity contribution is 0.248. The van der Waals surface area contributed by atoms with Crippen LogP contribution in [0.15, 0.2) is 12.1 Å². The van der Waals surface area contributed by atoms with Gasteiger partial charge in [-0.2, -0.15) is 0 Å². The first kappa shape index (κ1) is 14.3. The SMILES string of the molecule is CC#C[C@H]1N(c2nc3c4c(ccc3s2)OCC4)C(=O)NC1(C)C. The highest BCUT2D eigenvalue weighted by molar-refractivity contribution is 7.22. The number of carbonyl (C=O) groups is 1. The predicted molar refractivity (Wildman–Crippen MR) is 91.1 cm³/mol. The van der Waals surface area contributed by atoms with Crippen LogP contribution >= 0.6 is 11.3 Å². The van der Waals surface area contributed by atoms with E-state index in [1.807, 2.05) is 26.0 Å². The van der Waals surface area contributed by atoms with Gasteiger partial charge < -0.3 is 10.1 Å². The Hall–Kier alpha value is -2.26. The van der Waals surface area contributed by atoms with Gasteiger partial charge in [-0.05, 0) is 32.9 Å². The van der Waals surface area contributed by atoms with Crippen molar-refractivity contribution in [3.05, 3.63) is 17.7 Å². The van der Waals surface area contributed by atoms with Gasteiger partial charge in [-0.3, -0.25) is 4.90 Å². The van der Waals surface area contributed by atoms with Crippen LogP contribution in [0.4, 0.5) is 9.93 Å². The summed E-state index contributed by atoms with van der Waals surface area (Å²) in [6.07, 6.45) is 0.867. The summed E-state index contributed by atoms with van der Waals surface area (Å²) in [5, 5.41) is 3.69. The Morgan fingerprint density at radius 3 is 3.09 bits per heavy atom. The van der Waals surface area contributed by atoms with Crippen molar-refractivity contribution in [2.24, 2.45) is 0 Å². The summed E-state index contributed by atoms with van der Waals surface area (Å²) in [6, 6.07) is 3.63. The zero-order valence-electron chi connectivity index (χ0n) is 13.3. The third kappa shape index (κ3) is 2.07. The van der Waals surface area contributed by atoms with Crippen molar-refractivity contribution in [1.29, 1.82) is 0 Å². The van der Waals surface area contributed by atoms with Crippen molar-refractivity contribution in [1.82, 2.24) is 10.3 Å². The predicted octanol–water partition coefficient (Wildman–Crippen LogP) is 2.93. The third-order valence-electron chi connectivity index (χ3n) is 4.30. The van der Waals surface area contributed by atoms with Gasteiger partial charge in [0.05, 0.1) is 22.4 Å². The van der Waals surface area contributed by atoms with Crippen molar-refractivity contribution in [3.8, 4) is 17.6 Å². The number of nitrogens with one attached hydrogen (secondary N) is 1. The summed E-state index contributed by atoms with van der Waals surface area (Å²) in [6.45, 7) is 6.46. The van der Waals surface area contributed by atoms with E-state index in [9.17, 15) is 4.79 Å². The van der Waals surface area contributed by atoms with E-state index < -0.39 is 5.54 Å². The maximum atomic E-state index is 12.5. The minimum atomic E-state index is -0.414. The molecule has 0 unspecified atom stereocenters. The maximum Gasteiger partial charge on any atom is 0.325 e. The smallest absolute Gasteiger partial charge is 0.325 e. The number of thiazole rings is 1. The van der Waals surface area contributed by atoms with E-state index in [0.717, 1.165) is 28.0 Å². The number of hydrogen-bond donors (Lipinski definition) is 1. The molecule has 1 fully saturated rings. The number of ether oxygens (including phenoxy) is 1. The van der Waals surface area contributed by atoms with Crippen molar-refractivity contribution in [2.75, 3.05) is 11.5 Å². The molecule has 2 aliphatic heterocycles. The van der Waals surface area contributed by atoms with Crippen molar-refractivity contribution >= 4 is 32.7 Å². The van der Waals surface area contributed by atoms with Crippen molar-refractivity contribution < 1.29 is 9.53 Å². The molecule has 1 atom stereocenters. The van der Waals surface area contributed by atoms with Gasteiger partial charge in [-0.1, -0.05) is 17.3 Å². The molecule has 0 aliphatic carbocycles. The summed E-state index contributed by atoms with van der Waals surface area (Å²) in [5.74, 6) is 6.99. The number of amides is 2. The molecule has 3 heterocycles. The van der Waals surface area contributed by atoms with E-state index in [1.54, 1.807) is 11.8 Å². The van der Waals surface area contributed by atoms with Crippen LogP contribution in [0, 0.1) is 11.8 Å². The molecule has 4 rings (SSSR count). The van der Waals surface area contributed by atoms with Crippen LogP contribution < -0.4 is 15.0 Å². The highest BCUT2D eigenvalue weighted by atomic mass is 32.1. The van der Waals surface area contributed by atoms with Gasteiger partial charge in [-0.25, -0.2) is 9.78 Å². The number of aromatic nitrogens is 1. The fraction of sp³-hybridized carbons (Fsp3) is 0.412. The summed E-state index contributed by atoms with van der Waals surface area (Å²) in [5.41, 5.74) is 1.67. The molecule has 0 bridgehead atoms. The highest BCUT2D eigenvalue weighted by Gasteiger charge is 2.46. The summed E-state index contributed by atoms with van der Waals surface area (Å²) in [7, 11) is 0. The Morgan fingerprint density at radius 1 is 1.48 bits per heavy atom. The number of fused-ring (bicyclic) bond motifs is 3. The number of hydrogen-bond acceptors (Lipinski definition) is 4. The molecule has 1 aromatic heterocycles. The first-order valence-corrected chi connectivity index (χ1v) is 8.42. The Kier molecular flexibility index (Phi) is 3.03. The maximum absolute atomic E-state index is 12.5. The van der Waals surface area contributed by atoms with Crippen LogP contribution in [-0.4, -0.2) is 29.2 Å². The van der Waals surface area contributed by atoms with E-state index in [4.69, 9.17) is 9.72 Å². The molecule has 2 aromatic rings. The molecule has 1 N–H and O–H groups in total. The minimum Gasteiger partial charge on any atom is -0.493 e. The molecule has 0 spiro atoms. The number of carbonyl (C=O) groups excluding carboxylic acids is 1. The molecule has 2 aliphatic rings. The van der Waals surface area contributed by atoms with Gasteiger partial charge in [0, 0.05) is 12.0 Å². The largest absolute Gasteiger partial charge is 0.493 e. The van der Waals surface area contributed by atoms with Crippen LogP contribution in [0.5, 0.6) is 5.75 Å². The van der Waals surface area contributed by atoms with E-state index in [1.165, 1.54) is 11.3 Å². The molecule has 118 valence electrons. The van der Waals surface area contributed by atoms with Crippen LogP contribution in [0.2, 0.25) is 0 Å². The molecule has 2 amide bonds. The molecule has 0 radical (unpaired) electrons. The van der Waals surface area contributed by atoms with Crippen LogP contribution in [0.25, 0.3) is 10.2 Å². The van der Waals surface area contributed by atoms with Gasteiger partial charge in [0.25, 0.3) is 0 Å². The Morgan fingerprint density at radius 2 is 2.30 bits per heavy atom. The first-order chi connectivity index (χ1) is 11.0. The van der Waals surface area contributed by atoms with Gasteiger partial charge in [-0.15, -0.1) is 5.92 Å². The first-order valence-electron chi connectivity index (χ1n) is 7.60. The number of benzene rings is 1. The normalized spacial score (nSPS) is 21.6. The Bertz CT molecular complexity index is 875. The zero-order valence-corrected chi connectivity index (χ0v) is 14.1. The average Bonchev–Trinajstić information content (AvgIpc) is 3.15. The van der Waals surface area contributed by atoms with Gasteiger partial charge >= 0.3 is 6.03 Å². The second-order valence-corrected chi connectivity index (χ2v) is 7.31. The molecule has 1 saturated heterocycles. The second-order valence-electron chi connectivity index (χ2n) is 6.30. The fourth-order valence-corrected chi connectivity index (χ4v) is 4.21. The van der Waals surface area contributed by atoms with Crippen LogP contribution in [0.3, 0.4) is 0 Å². The summed E-state index contributed by atoms with van der Waals surface area (Å²) >= 11 is 1.53. The Labute approximate surface area is 138 Å². The lowest BCUT2D eigenvalue weighted by atomic mass is 9.97. The molecule has 1 aromatic carbocycles. The lowest BCUT2D eigenvalue weighted by Gasteiger charge is -2.24. The standard InChI is InChI=1S/C17H17N3O2S/c1-4-5-13-17(2,3)19-15(21)20(13)16-18-14-10-8-9-22-11(10)6-7-12(14)23-16/h6-7,13H,8-9H2,1-3H3,(H,19,21)/t13-/m1/s1. The monoisotopic (exact) mass is 327 g/mol. The van der Waals surface area contributed by atoms with Crippen molar-refractivity contribution in [3.63, 3.8) is 0 Å². The number of urea groups is 1. The summed E-state index contributed by atoms with van der Waals surface area (Å²) in [4.78, 5) is 18.9. The Balaban J connectivity index is 1.85. The molecule has 0 saturated carbocycles. The lowest BCUT2D eigenvalue weighted by Crippen LogP contribution is -2.43. The van der Waals surface area contributed by atoms with E-state index in [-0.39, 0.29) is 12.1 Å². The zero-order chi connectivity index (χ0) is 16.2. The third-order valence-corrected chi connectivity index (χ3v) is 5.32. The highest BCUT2D eigenvalue weighted by Crippen LogP contribution is 2.39. The van der Waals surface area contributed by atoms with Gasteiger partial charge in [0.15, 0.2) is 5.13 Å². The topological polar surface area (TPSA) is 54.5 Å². The van der Waals surface area contributed by atoms with Crippen molar-refractivity contribution in [2.45, 2.75) is 38.8 Å². The summed E-state index contributed by atoms with van der Waals surface area (Å²) < 4.78 is 6.68. The number of anilines is 1. The van der Waals surface area contributed by atoms with E-state index in [2.05, 4.69) is 17.2 Å². The van der Waals surface area contributed by atoms with E-state index in [0.29, 0.717) is 11.7 Å². The minimum absolute atomic E-state index is 0.144. The second kappa shape index (κ2) is 4.87. The quantitative estimate of drug-likeness (QED) is 0.819. The average molecular weight is 327 g/mol. The fourth-order valence-electron chi connectivity index (χ4n) is 3.18. The van der Waals surface area contributed by atoms with Gasteiger partial charge in [0.1, 0.15) is 11.8 Å². The molecule has 23 heavy (non-hydrogen) atoms. The van der Waals surface area contributed by atoms with E-state index >= 15 is 0 Å². The molecule has 5 nitrogen and oxygen atoms in total. The van der Waals surface area contributed by atoms with Gasteiger partial charge in [0.2, 0.25) is 0 Å². The van der Waals surface area contributed by atoms with Crippen LogP contribution in [-0.2, 0) is 6.42 Å². The van der Waals surface area contributed by atoms with Crippen LogP contribution in [0.1, 0.15) is 26.3 Å². The number of nitrogens with zero attached hydrogens (tertiary/aromatic N) is 2.